The van der Waals surface area contributed by atoms with Crippen molar-refractivity contribution in [3.05, 3.63) is 89.4 Å². The predicted octanol–water partition coefficient (Wildman–Crippen LogP) is 5.18. The molecule has 1 amide bonds. The smallest absolute Gasteiger partial charge is 0.416 e. The summed E-state index contributed by atoms with van der Waals surface area (Å²) in [7, 11) is 1.58. The summed E-state index contributed by atoms with van der Waals surface area (Å²) in [5.74, 6) is 0.448. The number of nitrogens with one attached hydrogen (secondary N) is 1. The summed E-state index contributed by atoms with van der Waals surface area (Å²) in [6, 6.07) is 17.0. The molecule has 1 N–H and O–H groups in total. The molecule has 10 heteroatoms. The van der Waals surface area contributed by atoms with Gasteiger partial charge in [-0.25, -0.2) is 4.98 Å². The van der Waals surface area contributed by atoms with Crippen LogP contribution in [-0.4, -0.2) is 48.6 Å². The van der Waals surface area contributed by atoms with Gasteiger partial charge < -0.3 is 19.9 Å². The first-order valence-electron chi connectivity index (χ1n) is 12.9. The van der Waals surface area contributed by atoms with Gasteiger partial charge in [0.05, 0.1) is 24.6 Å². The average molecular weight is 538 g/mol. The highest BCUT2D eigenvalue weighted by Crippen LogP contribution is 2.31. The van der Waals surface area contributed by atoms with E-state index < -0.39 is 11.7 Å². The second-order valence-electron chi connectivity index (χ2n) is 9.43. The number of piperazine rings is 1. The molecule has 204 valence electrons. The Morgan fingerprint density at radius 1 is 0.923 bits per heavy atom. The number of ether oxygens (including phenoxy) is 1. The summed E-state index contributed by atoms with van der Waals surface area (Å²) in [4.78, 5) is 22.0. The summed E-state index contributed by atoms with van der Waals surface area (Å²) < 4.78 is 45.6. The highest BCUT2D eigenvalue weighted by atomic mass is 19.4. The van der Waals surface area contributed by atoms with Crippen LogP contribution in [0.1, 0.15) is 34.2 Å². The third-order valence-electron chi connectivity index (χ3n) is 7.04. The molecule has 0 spiro atoms. The number of halogens is 3. The fourth-order valence-electron chi connectivity index (χ4n) is 4.86. The Kier molecular flexibility index (Phi) is 7.36. The second kappa shape index (κ2) is 10.9. The van der Waals surface area contributed by atoms with Crippen molar-refractivity contribution in [3.8, 4) is 5.75 Å². The number of hydrogen-bond donors (Lipinski definition) is 1. The number of anilines is 2. The van der Waals surface area contributed by atoms with Gasteiger partial charge >= 0.3 is 6.18 Å². The maximum atomic E-state index is 13.1. The topological polar surface area (TPSA) is 62.1 Å². The van der Waals surface area contributed by atoms with Crippen molar-refractivity contribution in [3.63, 3.8) is 0 Å². The summed E-state index contributed by atoms with van der Waals surface area (Å²) in [5.41, 5.74) is 4.13. The summed E-state index contributed by atoms with van der Waals surface area (Å²) in [6.45, 7) is 5.29. The number of nitrogens with zero attached hydrogens (tertiary/aromatic N) is 4. The van der Waals surface area contributed by atoms with Crippen molar-refractivity contribution in [2.45, 2.75) is 26.1 Å². The number of imidazole rings is 1. The molecule has 0 unspecified atom stereocenters. The van der Waals surface area contributed by atoms with Gasteiger partial charge in [0.25, 0.3) is 5.91 Å². The largest absolute Gasteiger partial charge is 0.495 e. The number of fused-ring (bicyclic) bond motifs is 1. The molecule has 0 radical (unpaired) electrons. The standard InChI is InChI=1S/C29H30F3N5O2/c1-3-25-27(37-19-24(39-2)12-13-26(37)34-25)28(38)33-18-20-4-8-22(9-5-20)35-14-16-36(17-15-35)23-10-6-21(7-11-23)29(30,31)32/h4-13,19H,3,14-18H2,1-2H3,(H,33,38). The molecule has 7 nitrogen and oxygen atoms in total. The zero-order valence-corrected chi connectivity index (χ0v) is 21.8. The first-order chi connectivity index (χ1) is 18.8. The van der Waals surface area contributed by atoms with E-state index in [1.807, 2.05) is 43.3 Å². The Morgan fingerprint density at radius 2 is 1.51 bits per heavy atom. The van der Waals surface area contributed by atoms with Gasteiger partial charge in [0.1, 0.15) is 17.1 Å². The lowest BCUT2D eigenvalue weighted by Gasteiger charge is -2.37. The van der Waals surface area contributed by atoms with E-state index in [1.165, 1.54) is 12.1 Å². The number of carbonyl (C=O) groups excluding carboxylic acids is 1. The summed E-state index contributed by atoms with van der Waals surface area (Å²) >= 11 is 0. The Bertz CT molecular complexity index is 1440. The van der Waals surface area contributed by atoms with Gasteiger partial charge in [0, 0.05) is 44.1 Å². The van der Waals surface area contributed by atoms with E-state index in [0.717, 1.165) is 47.9 Å². The third kappa shape index (κ3) is 5.64. The van der Waals surface area contributed by atoms with Crippen LogP contribution in [0.25, 0.3) is 5.65 Å². The molecule has 0 saturated carbocycles. The van der Waals surface area contributed by atoms with Crippen LogP contribution in [0.2, 0.25) is 0 Å². The van der Waals surface area contributed by atoms with E-state index in [4.69, 9.17) is 4.74 Å². The fourth-order valence-corrected chi connectivity index (χ4v) is 4.86. The molecule has 1 aliphatic rings. The summed E-state index contributed by atoms with van der Waals surface area (Å²) in [5, 5.41) is 3.01. The lowest BCUT2D eigenvalue weighted by atomic mass is 10.1. The maximum absolute atomic E-state index is 13.1. The van der Waals surface area contributed by atoms with Crippen LogP contribution in [0.15, 0.2) is 66.9 Å². The number of methoxy groups -OCH3 is 1. The average Bonchev–Trinajstić information content (AvgIpc) is 3.34. The Labute approximate surface area is 224 Å². The van der Waals surface area contributed by atoms with E-state index in [0.29, 0.717) is 43.1 Å². The van der Waals surface area contributed by atoms with Crippen molar-refractivity contribution >= 4 is 22.9 Å². The van der Waals surface area contributed by atoms with Crippen LogP contribution in [0.4, 0.5) is 24.5 Å². The molecule has 39 heavy (non-hydrogen) atoms. The van der Waals surface area contributed by atoms with E-state index >= 15 is 0 Å². The van der Waals surface area contributed by atoms with E-state index in [9.17, 15) is 18.0 Å². The number of rotatable bonds is 7. The number of hydrogen-bond acceptors (Lipinski definition) is 5. The molecular formula is C29H30F3N5O2. The Balaban J connectivity index is 1.18. The fraction of sp³-hybridized carbons (Fsp3) is 0.310. The molecule has 2 aromatic carbocycles. The number of amides is 1. The SMILES string of the molecule is CCc1nc2ccc(OC)cn2c1C(=O)NCc1ccc(N2CCN(c3ccc(C(F)(F)F)cc3)CC2)cc1. The van der Waals surface area contributed by atoms with Crippen LogP contribution >= 0.6 is 0 Å². The van der Waals surface area contributed by atoms with Gasteiger partial charge in [-0.1, -0.05) is 19.1 Å². The molecule has 1 saturated heterocycles. The number of aryl methyl sites for hydroxylation is 1. The molecule has 3 heterocycles. The zero-order valence-electron chi connectivity index (χ0n) is 21.8. The molecular weight excluding hydrogens is 507 g/mol. The molecule has 1 aliphatic heterocycles. The van der Waals surface area contributed by atoms with Crippen molar-refractivity contribution < 1.29 is 22.7 Å². The molecule has 5 rings (SSSR count). The number of benzene rings is 2. The van der Waals surface area contributed by atoms with Crippen LogP contribution in [0, 0.1) is 0 Å². The molecule has 0 atom stereocenters. The Hall–Kier alpha value is -4.21. The minimum absolute atomic E-state index is 0.198. The maximum Gasteiger partial charge on any atom is 0.416 e. The van der Waals surface area contributed by atoms with Gasteiger partial charge in [-0.15, -0.1) is 0 Å². The molecule has 4 aromatic rings. The van der Waals surface area contributed by atoms with Crippen LogP contribution in [0.5, 0.6) is 5.75 Å². The third-order valence-corrected chi connectivity index (χ3v) is 7.04. The number of aromatic nitrogens is 2. The number of carbonyl (C=O) groups is 1. The zero-order chi connectivity index (χ0) is 27.6. The van der Waals surface area contributed by atoms with E-state index in [1.54, 1.807) is 17.7 Å². The van der Waals surface area contributed by atoms with Gasteiger partial charge in [-0.2, -0.15) is 13.2 Å². The highest BCUT2D eigenvalue weighted by Gasteiger charge is 2.30. The first-order valence-corrected chi connectivity index (χ1v) is 12.9. The molecule has 2 aromatic heterocycles. The van der Waals surface area contributed by atoms with Gasteiger partial charge in [-0.05, 0) is 60.5 Å². The van der Waals surface area contributed by atoms with Crippen molar-refractivity contribution in [2.75, 3.05) is 43.1 Å². The highest BCUT2D eigenvalue weighted by molar-refractivity contribution is 5.94. The van der Waals surface area contributed by atoms with E-state index in [2.05, 4.69) is 20.1 Å². The lowest BCUT2D eigenvalue weighted by molar-refractivity contribution is -0.137. The van der Waals surface area contributed by atoms with Gasteiger partial charge in [-0.3, -0.25) is 9.20 Å². The minimum atomic E-state index is -4.33. The molecule has 1 fully saturated rings. The van der Waals surface area contributed by atoms with Crippen molar-refractivity contribution in [2.24, 2.45) is 0 Å². The number of pyridine rings is 1. The normalized spacial score (nSPS) is 14.1. The lowest BCUT2D eigenvalue weighted by Crippen LogP contribution is -2.46. The monoisotopic (exact) mass is 537 g/mol. The number of alkyl halides is 3. The van der Waals surface area contributed by atoms with Crippen LogP contribution < -0.4 is 19.9 Å². The van der Waals surface area contributed by atoms with E-state index in [-0.39, 0.29) is 5.91 Å². The molecule has 0 aliphatic carbocycles. The summed E-state index contributed by atoms with van der Waals surface area (Å²) in [6.07, 6.45) is -1.93. The van der Waals surface area contributed by atoms with Crippen molar-refractivity contribution in [1.82, 2.24) is 14.7 Å². The predicted molar refractivity (Wildman–Crippen MR) is 145 cm³/mol. The van der Waals surface area contributed by atoms with Gasteiger partial charge in [0.2, 0.25) is 0 Å². The quantitative estimate of drug-likeness (QED) is 0.352. The second-order valence-corrected chi connectivity index (χ2v) is 9.43. The molecule has 0 bridgehead atoms. The van der Waals surface area contributed by atoms with Crippen molar-refractivity contribution in [1.29, 1.82) is 0 Å². The minimum Gasteiger partial charge on any atom is -0.495 e. The first kappa shape index (κ1) is 26.4. The van der Waals surface area contributed by atoms with Gasteiger partial charge in [0.15, 0.2) is 0 Å². The van der Waals surface area contributed by atoms with Crippen LogP contribution in [0.3, 0.4) is 0 Å². The van der Waals surface area contributed by atoms with Crippen LogP contribution in [-0.2, 0) is 19.1 Å². The Morgan fingerprint density at radius 3 is 2.05 bits per heavy atom.